The van der Waals surface area contributed by atoms with Crippen LogP contribution in [-0.2, 0) is 11.8 Å². The lowest BCUT2D eigenvalue weighted by Crippen LogP contribution is -2.33. The summed E-state index contributed by atoms with van der Waals surface area (Å²) in [5.74, 6) is 0.520. The Kier molecular flexibility index (Phi) is 7.22. The fourth-order valence-electron chi connectivity index (χ4n) is 3.94. The van der Waals surface area contributed by atoms with Crippen LogP contribution >= 0.6 is 24.0 Å². The van der Waals surface area contributed by atoms with Crippen molar-refractivity contribution in [1.82, 2.24) is 9.47 Å². The quantitative estimate of drug-likeness (QED) is 0.465. The van der Waals surface area contributed by atoms with E-state index < -0.39 is 0 Å². The molecule has 0 radical (unpaired) electrons. The van der Waals surface area contributed by atoms with Gasteiger partial charge in [0.25, 0.3) is 11.5 Å². The molecule has 0 saturated carbocycles. The van der Waals surface area contributed by atoms with Crippen LogP contribution in [0.4, 0.5) is 5.82 Å². The fraction of sp³-hybridized carbons (Fsp3) is 0.333. The van der Waals surface area contributed by atoms with Gasteiger partial charge in [-0.15, -0.1) is 0 Å². The summed E-state index contributed by atoms with van der Waals surface area (Å²) < 4.78 is 1.99. The maximum absolute atomic E-state index is 13.4. The third-order valence-corrected chi connectivity index (χ3v) is 7.13. The second-order valence-electron chi connectivity index (χ2n) is 7.52. The largest absolute Gasteiger partial charge is 0.358 e. The van der Waals surface area contributed by atoms with Crippen molar-refractivity contribution in [3.63, 3.8) is 0 Å². The minimum Gasteiger partial charge on any atom is -0.358 e. The molecule has 1 atom stereocenters. The normalized spacial score (nSPS) is 15.9. The molecular weight excluding hydrogens is 440 g/mol. The van der Waals surface area contributed by atoms with Gasteiger partial charge >= 0.3 is 0 Å². The van der Waals surface area contributed by atoms with Gasteiger partial charge in [-0.05, 0) is 44.9 Å². The number of anilines is 1. The van der Waals surface area contributed by atoms with Crippen LogP contribution in [0.1, 0.15) is 49.1 Å². The van der Waals surface area contributed by atoms with E-state index >= 15 is 0 Å². The van der Waals surface area contributed by atoms with Crippen molar-refractivity contribution in [2.45, 2.75) is 33.7 Å². The van der Waals surface area contributed by atoms with Gasteiger partial charge in [-0.2, -0.15) is 5.26 Å². The summed E-state index contributed by atoms with van der Waals surface area (Å²) in [6, 6.07) is 11.6. The first-order valence-electron chi connectivity index (χ1n) is 10.5. The minimum absolute atomic E-state index is 0.0859. The Labute approximate surface area is 198 Å². The second kappa shape index (κ2) is 9.72. The van der Waals surface area contributed by atoms with Gasteiger partial charge in [-0.3, -0.25) is 19.1 Å². The van der Waals surface area contributed by atoms with Crippen molar-refractivity contribution in [2.75, 3.05) is 18.0 Å². The molecule has 1 aromatic heterocycles. The Hall–Kier alpha value is -2.89. The molecule has 0 aliphatic carbocycles. The summed E-state index contributed by atoms with van der Waals surface area (Å²) in [5, 5.41) is 9.59. The standard InChI is InChI=1S/C24H26N4O2S2/c1-6-27(7-2)21-18(15(3)19(14-25)22(29)26(21)5)13-20-23(30)28(24(31)32-20)16(4)17-11-9-8-10-12-17/h8-13,16H,6-7H2,1-5H3. The van der Waals surface area contributed by atoms with E-state index in [9.17, 15) is 14.9 Å². The molecule has 1 saturated heterocycles. The molecule has 0 bridgehead atoms. The highest BCUT2D eigenvalue weighted by molar-refractivity contribution is 8.26. The van der Waals surface area contributed by atoms with Crippen LogP contribution in [0.3, 0.4) is 0 Å². The fourth-order valence-corrected chi connectivity index (χ4v) is 5.34. The maximum Gasteiger partial charge on any atom is 0.270 e. The van der Waals surface area contributed by atoms with Gasteiger partial charge in [0.15, 0.2) is 0 Å². The first kappa shape index (κ1) is 23.8. The number of benzene rings is 1. The third kappa shape index (κ3) is 4.10. The highest BCUT2D eigenvalue weighted by Gasteiger charge is 2.36. The SMILES string of the molecule is CCN(CC)c1c(C=C2SC(=S)N(C(C)c3ccccc3)C2=O)c(C)c(C#N)c(=O)n1C. The monoisotopic (exact) mass is 466 g/mol. The van der Waals surface area contributed by atoms with Crippen molar-refractivity contribution in [2.24, 2.45) is 7.05 Å². The zero-order valence-corrected chi connectivity index (χ0v) is 20.5. The van der Waals surface area contributed by atoms with Crippen molar-refractivity contribution >= 4 is 46.1 Å². The Bertz CT molecular complexity index is 1190. The van der Waals surface area contributed by atoms with E-state index in [1.54, 1.807) is 24.9 Å². The van der Waals surface area contributed by atoms with Crippen LogP contribution in [0, 0.1) is 18.3 Å². The average Bonchev–Trinajstić information content (AvgIpc) is 3.07. The van der Waals surface area contributed by atoms with Gasteiger partial charge in [0.2, 0.25) is 0 Å². The Morgan fingerprint density at radius 1 is 1.22 bits per heavy atom. The van der Waals surface area contributed by atoms with Crippen LogP contribution in [-0.4, -0.2) is 32.8 Å². The summed E-state index contributed by atoms with van der Waals surface area (Å²) in [7, 11) is 1.66. The van der Waals surface area contributed by atoms with E-state index in [0.717, 1.165) is 5.56 Å². The van der Waals surface area contributed by atoms with E-state index in [1.807, 2.05) is 57.2 Å². The van der Waals surface area contributed by atoms with E-state index in [2.05, 4.69) is 4.90 Å². The molecule has 166 valence electrons. The van der Waals surface area contributed by atoms with Gasteiger partial charge in [0, 0.05) is 25.7 Å². The molecule has 1 amide bonds. The number of amides is 1. The molecule has 32 heavy (non-hydrogen) atoms. The number of carbonyl (C=O) groups is 1. The summed E-state index contributed by atoms with van der Waals surface area (Å²) in [6.45, 7) is 9.09. The zero-order chi connectivity index (χ0) is 23.6. The number of thiocarbonyl (C=S) groups is 1. The van der Waals surface area contributed by atoms with Crippen molar-refractivity contribution in [3.05, 3.63) is 67.8 Å². The average molecular weight is 467 g/mol. The topological polar surface area (TPSA) is 69.3 Å². The molecule has 2 aromatic rings. The van der Waals surface area contributed by atoms with E-state index in [4.69, 9.17) is 12.2 Å². The van der Waals surface area contributed by atoms with E-state index in [0.29, 0.717) is 39.3 Å². The Morgan fingerprint density at radius 3 is 2.41 bits per heavy atom. The highest BCUT2D eigenvalue weighted by atomic mass is 32.2. The summed E-state index contributed by atoms with van der Waals surface area (Å²) >= 11 is 6.80. The summed E-state index contributed by atoms with van der Waals surface area (Å²) in [5.41, 5.74) is 2.01. The minimum atomic E-state index is -0.339. The summed E-state index contributed by atoms with van der Waals surface area (Å²) in [4.78, 5) is 30.3. The first-order valence-corrected chi connectivity index (χ1v) is 11.7. The number of pyridine rings is 1. The van der Waals surface area contributed by atoms with Gasteiger partial charge in [0.1, 0.15) is 21.8 Å². The van der Waals surface area contributed by atoms with Crippen LogP contribution in [0.5, 0.6) is 0 Å². The predicted octanol–water partition coefficient (Wildman–Crippen LogP) is 4.37. The molecule has 1 aliphatic heterocycles. The molecule has 1 unspecified atom stereocenters. The molecule has 8 heteroatoms. The van der Waals surface area contributed by atoms with Crippen molar-refractivity contribution in [1.29, 1.82) is 5.26 Å². The number of hydrogen-bond donors (Lipinski definition) is 0. The molecule has 0 N–H and O–H groups in total. The smallest absolute Gasteiger partial charge is 0.270 e. The lowest BCUT2D eigenvalue weighted by atomic mass is 10.0. The van der Waals surface area contributed by atoms with Crippen LogP contribution in [0.2, 0.25) is 0 Å². The molecule has 0 spiro atoms. The molecular formula is C24H26N4O2S2. The van der Waals surface area contributed by atoms with Gasteiger partial charge < -0.3 is 4.90 Å². The van der Waals surface area contributed by atoms with Gasteiger partial charge in [0.05, 0.1) is 10.9 Å². The number of hydrogen-bond acceptors (Lipinski definition) is 6. The summed E-state index contributed by atoms with van der Waals surface area (Å²) in [6.07, 6.45) is 1.78. The molecule has 3 rings (SSSR count). The van der Waals surface area contributed by atoms with E-state index in [1.165, 1.54) is 16.3 Å². The number of aromatic nitrogens is 1. The number of nitriles is 1. The van der Waals surface area contributed by atoms with Crippen molar-refractivity contribution < 1.29 is 4.79 Å². The number of carbonyl (C=O) groups excluding carboxylic acids is 1. The molecule has 2 heterocycles. The zero-order valence-electron chi connectivity index (χ0n) is 18.9. The number of thioether (sulfide) groups is 1. The van der Waals surface area contributed by atoms with Crippen LogP contribution < -0.4 is 10.5 Å². The van der Waals surface area contributed by atoms with Crippen LogP contribution in [0.25, 0.3) is 6.08 Å². The van der Waals surface area contributed by atoms with Crippen molar-refractivity contribution in [3.8, 4) is 6.07 Å². The van der Waals surface area contributed by atoms with E-state index in [-0.39, 0.29) is 23.1 Å². The lowest BCUT2D eigenvalue weighted by molar-refractivity contribution is -0.123. The Morgan fingerprint density at radius 2 is 1.84 bits per heavy atom. The Balaban J connectivity index is 2.15. The molecule has 1 aliphatic rings. The maximum atomic E-state index is 13.4. The lowest BCUT2D eigenvalue weighted by Gasteiger charge is -2.27. The van der Waals surface area contributed by atoms with Gasteiger partial charge in [-0.1, -0.05) is 54.3 Å². The third-order valence-electron chi connectivity index (χ3n) is 5.80. The number of nitrogens with zero attached hydrogens (tertiary/aromatic N) is 4. The number of rotatable bonds is 6. The molecule has 1 fully saturated rings. The highest BCUT2D eigenvalue weighted by Crippen LogP contribution is 2.39. The first-order chi connectivity index (χ1) is 15.3. The predicted molar refractivity (Wildman–Crippen MR) is 135 cm³/mol. The molecule has 1 aromatic carbocycles. The molecule has 6 nitrogen and oxygen atoms in total. The van der Waals surface area contributed by atoms with Gasteiger partial charge in [-0.25, -0.2) is 0 Å². The second-order valence-corrected chi connectivity index (χ2v) is 9.20. The van der Waals surface area contributed by atoms with Crippen LogP contribution in [0.15, 0.2) is 40.0 Å².